The largest absolute Gasteiger partial charge is 0.497 e. The molecule has 1 saturated heterocycles. The lowest BCUT2D eigenvalue weighted by molar-refractivity contribution is -0.183. The molecule has 0 spiro atoms. The molecule has 0 aliphatic carbocycles. The van der Waals surface area contributed by atoms with E-state index in [9.17, 15) is 0 Å². The van der Waals surface area contributed by atoms with Gasteiger partial charge in [-0.05, 0) is 18.6 Å². The van der Waals surface area contributed by atoms with E-state index >= 15 is 0 Å². The second kappa shape index (κ2) is 5.18. The third-order valence-electron chi connectivity index (χ3n) is 2.47. The van der Waals surface area contributed by atoms with Gasteiger partial charge in [-0.2, -0.15) is 0 Å². The second-order valence-corrected chi connectivity index (χ2v) is 3.57. The van der Waals surface area contributed by atoms with Crippen LogP contribution in [0.1, 0.15) is 18.3 Å². The maximum absolute atomic E-state index is 5.53. The van der Waals surface area contributed by atoms with Crippen LogP contribution < -0.4 is 9.47 Å². The molecule has 0 radical (unpaired) electrons. The number of rotatable bonds is 3. The molecule has 4 nitrogen and oxygen atoms in total. The van der Waals surface area contributed by atoms with Gasteiger partial charge < -0.3 is 18.9 Å². The second-order valence-electron chi connectivity index (χ2n) is 3.57. The number of ether oxygens (including phenoxy) is 4. The summed E-state index contributed by atoms with van der Waals surface area (Å²) < 4.78 is 21.5. The van der Waals surface area contributed by atoms with Crippen LogP contribution in [0, 0.1) is 0 Å². The number of hydrogen-bond acceptors (Lipinski definition) is 4. The first kappa shape index (κ1) is 11.2. The van der Waals surface area contributed by atoms with Crippen molar-refractivity contribution in [3.8, 4) is 11.5 Å². The number of methoxy groups -OCH3 is 2. The molecule has 1 aliphatic heterocycles. The SMILES string of the molecule is COc1cc(OC)cc(C2OCCCO2)c1. The Morgan fingerprint density at radius 2 is 1.56 bits per heavy atom. The first-order valence-electron chi connectivity index (χ1n) is 5.29. The lowest BCUT2D eigenvalue weighted by Crippen LogP contribution is -2.17. The van der Waals surface area contributed by atoms with Crippen molar-refractivity contribution in [2.24, 2.45) is 0 Å². The fraction of sp³-hybridized carbons (Fsp3) is 0.500. The van der Waals surface area contributed by atoms with E-state index in [0.29, 0.717) is 0 Å². The van der Waals surface area contributed by atoms with Crippen molar-refractivity contribution >= 4 is 0 Å². The van der Waals surface area contributed by atoms with Crippen LogP contribution in [0.5, 0.6) is 11.5 Å². The maximum Gasteiger partial charge on any atom is 0.184 e. The summed E-state index contributed by atoms with van der Waals surface area (Å²) in [5.41, 5.74) is 0.927. The van der Waals surface area contributed by atoms with Gasteiger partial charge in [-0.15, -0.1) is 0 Å². The lowest BCUT2D eigenvalue weighted by atomic mass is 10.2. The molecule has 0 aromatic heterocycles. The topological polar surface area (TPSA) is 36.9 Å². The molecule has 88 valence electrons. The Balaban J connectivity index is 2.24. The van der Waals surface area contributed by atoms with Crippen molar-refractivity contribution < 1.29 is 18.9 Å². The highest BCUT2D eigenvalue weighted by Gasteiger charge is 2.18. The Hall–Kier alpha value is -1.26. The fourth-order valence-corrected chi connectivity index (χ4v) is 1.65. The third-order valence-corrected chi connectivity index (χ3v) is 2.47. The molecule has 0 amide bonds. The molecule has 0 unspecified atom stereocenters. The van der Waals surface area contributed by atoms with Gasteiger partial charge in [0.05, 0.1) is 27.4 Å². The quantitative estimate of drug-likeness (QED) is 0.788. The summed E-state index contributed by atoms with van der Waals surface area (Å²) in [6.07, 6.45) is 0.634. The standard InChI is InChI=1S/C12H16O4/c1-13-10-6-9(7-11(8-10)14-2)12-15-4-3-5-16-12/h6-8,12H,3-5H2,1-2H3. The zero-order valence-electron chi connectivity index (χ0n) is 9.56. The number of hydrogen-bond donors (Lipinski definition) is 0. The third kappa shape index (κ3) is 2.46. The maximum atomic E-state index is 5.53. The van der Waals surface area contributed by atoms with E-state index < -0.39 is 0 Å². The van der Waals surface area contributed by atoms with E-state index in [1.54, 1.807) is 14.2 Å². The van der Waals surface area contributed by atoms with Gasteiger partial charge in [0.25, 0.3) is 0 Å². The van der Waals surface area contributed by atoms with Gasteiger partial charge in [0.1, 0.15) is 11.5 Å². The van der Waals surface area contributed by atoms with Crippen LogP contribution in [0.4, 0.5) is 0 Å². The summed E-state index contributed by atoms with van der Waals surface area (Å²) in [4.78, 5) is 0. The van der Waals surface area contributed by atoms with Crippen LogP contribution in [0.25, 0.3) is 0 Å². The van der Waals surface area contributed by atoms with Gasteiger partial charge in [0, 0.05) is 11.6 Å². The Morgan fingerprint density at radius 1 is 1.00 bits per heavy atom. The molecule has 0 atom stereocenters. The zero-order valence-corrected chi connectivity index (χ0v) is 9.56. The van der Waals surface area contributed by atoms with Crippen LogP contribution in [-0.2, 0) is 9.47 Å². The summed E-state index contributed by atoms with van der Waals surface area (Å²) in [5, 5.41) is 0. The molecule has 1 aliphatic rings. The van der Waals surface area contributed by atoms with E-state index in [1.807, 2.05) is 18.2 Å². The van der Waals surface area contributed by atoms with Gasteiger partial charge in [-0.1, -0.05) is 0 Å². The average molecular weight is 224 g/mol. The molecule has 0 saturated carbocycles. The summed E-state index contributed by atoms with van der Waals surface area (Å²) in [7, 11) is 3.25. The molecule has 16 heavy (non-hydrogen) atoms. The monoisotopic (exact) mass is 224 g/mol. The normalized spacial score (nSPS) is 17.1. The predicted octanol–water partition coefficient (Wildman–Crippen LogP) is 2.14. The predicted molar refractivity (Wildman–Crippen MR) is 58.8 cm³/mol. The van der Waals surface area contributed by atoms with Gasteiger partial charge in [0.2, 0.25) is 0 Å². The Labute approximate surface area is 95.1 Å². The van der Waals surface area contributed by atoms with Crippen LogP contribution >= 0.6 is 0 Å². The minimum absolute atomic E-state index is 0.308. The van der Waals surface area contributed by atoms with Crippen molar-refractivity contribution in [2.45, 2.75) is 12.7 Å². The van der Waals surface area contributed by atoms with Gasteiger partial charge in [0.15, 0.2) is 6.29 Å². The Kier molecular flexibility index (Phi) is 3.64. The van der Waals surface area contributed by atoms with E-state index in [0.717, 1.165) is 36.7 Å². The summed E-state index contributed by atoms with van der Waals surface area (Å²) in [6, 6.07) is 5.63. The van der Waals surface area contributed by atoms with Crippen LogP contribution in [0.15, 0.2) is 18.2 Å². The molecule has 0 N–H and O–H groups in total. The fourth-order valence-electron chi connectivity index (χ4n) is 1.65. The van der Waals surface area contributed by atoms with E-state index in [2.05, 4.69) is 0 Å². The molecular weight excluding hydrogens is 208 g/mol. The molecule has 1 aromatic rings. The average Bonchev–Trinajstić information content (AvgIpc) is 2.39. The van der Waals surface area contributed by atoms with E-state index in [1.165, 1.54) is 0 Å². The molecule has 2 rings (SSSR count). The van der Waals surface area contributed by atoms with Crippen molar-refractivity contribution in [1.29, 1.82) is 0 Å². The highest BCUT2D eigenvalue weighted by molar-refractivity contribution is 5.39. The van der Waals surface area contributed by atoms with Gasteiger partial charge >= 0.3 is 0 Å². The van der Waals surface area contributed by atoms with Crippen molar-refractivity contribution in [3.05, 3.63) is 23.8 Å². The highest BCUT2D eigenvalue weighted by Crippen LogP contribution is 2.30. The minimum Gasteiger partial charge on any atom is -0.497 e. The molecule has 1 fully saturated rings. The zero-order chi connectivity index (χ0) is 11.4. The minimum atomic E-state index is -0.308. The van der Waals surface area contributed by atoms with Gasteiger partial charge in [-0.3, -0.25) is 0 Å². The highest BCUT2D eigenvalue weighted by atomic mass is 16.7. The van der Waals surface area contributed by atoms with Crippen LogP contribution in [0.2, 0.25) is 0 Å². The summed E-state index contributed by atoms with van der Waals surface area (Å²) in [6.45, 7) is 1.45. The van der Waals surface area contributed by atoms with Crippen LogP contribution in [-0.4, -0.2) is 27.4 Å². The first-order valence-corrected chi connectivity index (χ1v) is 5.29. The molecular formula is C12H16O4. The lowest BCUT2D eigenvalue weighted by Gasteiger charge is -2.24. The molecule has 0 bridgehead atoms. The number of benzene rings is 1. The summed E-state index contributed by atoms with van der Waals surface area (Å²) in [5.74, 6) is 1.49. The summed E-state index contributed by atoms with van der Waals surface area (Å²) >= 11 is 0. The Bertz CT molecular complexity index is 323. The first-order chi connectivity index (χ1) is 7.83. The van der Waals surface area contributed by atoms with Crippen LogP contribution in [0.3, 0.4) is 0 Å². The Morgan fingerprint density at radius 3 is 2.06 bits per heavy atom. The van der Waals surface area contributed by atoms with Crippen molar-refractivity contribution in [1.82, 2.24) is 0 Å². The van der Waals surface area contributed by atoms with Crippen molar-refractivity contribution in [3.63, 3.8) is 0 Å². The molecule has 4 heteroatoms. The molecule has 1 aromatic carbocycles. The van der Waals surface area contributed by atoms with Gasteiger partial charge in [-0.25, -0.2) is 0 Å². The van der Waals surface area contributed by atoms with E-state index in [-0.39, 0.29) is 6.29 Å². The smallest absolute Gasteiger partial charge is 0.184 e. The van der Waals surface area contributed by atoms with Crippen molar-refractivity contribution in [2.75, 3.05) is 27.4 Å². The molecule has 1 heterocycles. The van der Waals surface area contributed by atoms with E-state index in [4.69, 9.17) is 18.9 Å².